The molecule has 0 unspecified atom stereocenters. The average Bonchev–Trinajstić information content (AvgIpc) is 2.92. The molecule has 2 saturated heterocycles. The molecule has 2 aliphatic rings. The van der Waals surface area contributed by atoms with E-state index in [9.17, 15) is 9.18 Å². The van der Waals surface area contributed by atoms with Crippen LogP contribution in [0.2, 0.25) is 0 Å². The first kappa shape index (κ1) is 23.4. The van der Waals surface area contributed by atoms with Crippen molar-refractivity contribution in [1.29, 1.82) is 0 Å². The number of hydrogen-bond acceptors (Lipinski definition) is 6. The van der Waals surface area contributed by atoms with Crippen LogP contribution in [0.25, 0.3) is 0 Å². The fourth-order valence-corrected chi connectivity index (χ4v) is 3.45. The molecule has 1 amide bonds. The molecule has 0 atom stereocenters. The fourth-order valence-electron chi connectivity index (χ4n) is 3.45. The maximum atomic E-state index is 12.5. The highest BCUT2D eigenvalue weighted by Crippen LogP contribution is 2.41. The zero-order chi connectivity index (χ0) is 17.9. The molecule has 2 fully saturated rings. The summed E-state index contributed by atoms with van der Waals surface area (Å²) in [6, 6.07) is 0. The normalized spacial score (nSPS) is 18.9. The number of carbonyl (C=O) groups excluding carboxylic acids is 1. The zero-order valence-corrected chi connectivity index (χ0v) is 16.9. The standard InChI is InChI=1S/C17H24FN5O2.2ClH/c1-22-5-2-17(15(22)24)3-6-23(7-4-17)16-20-10-14(11-21-16)25-12-13(8-18)9-19;;/h8,10-11H,2-7,9,12,19H2,1H3;2*1H/b13-8+;;. The minimum Gasteiger partial charge on any atom is -0.486 e. The number of halogens is 3. The molecule has 1 aromatic rings. The Morgan fingerprint density at radius 3 is 2.33 bits per heavy atom. The molecule has 0 saturated carbocycles. The van der Waals surface area contributed by atoms with Gasteiger partial charge in [0.25, 0.3) is 0 Å². The number of hydrogen-bond donors (Lipinski definition) is 1. The summed E-state index contributed by atoms with van der Waals surface area (Å²) in [5, 5.41) is 0. The molecule has 152 valence electrons. The highest BCUT2D eigenvalue weighted by molar-refractivity contribution is 5.86. The van der Waals surface area contributed by atoms with E-state index in [-0.39, 0.29) is 49.3 Å². The molecule has 2 N–H and O–H groups in total. The summed E-state index contributed by atoms with van der Waals surface area (Å²) >= 11 is 0. The number of anilines is 1. The van der Waals surface area contributed by atoms with E-state index < -0.39 is 0 Å². The average molecular weight is 422 g/mol. The van der Waals surface area contributed by atoms with Gasteiger partial charge in [-0.1, -0.05) is 0 Å². The van der Waals surface area contributed by atoms with Crippen molar-refractivity contribution in [3.05, 3.63) is 24.3 Å². The van der Waals surface area contributed by atoms with Crippen LogP contribution in [0.3, 0.4) is 0 Å². The molecule has 10 heteroatoms. The van der Waals surface area contributed by atoms with Crippen LogP contribution in [0.5, 0.6) is 5.75 Å². The van der Waals surface area contributed by atoms with Crippen molar-refractivity contribution >= 4 is 36.7 Å². The van der Waals surface area contributed by atoms with E-state index in [1.165, 1.54) is 0 Å². The van der Waals surface area contributed by atoms with E-state index in [4.69, 9.17) is 10.5 Å². The number of piperidine rings is 1. The van der Waals surface area contributed by atoms with Gasteiger partial charge in [0.2, 0.25) is 11.9 Å². The van der Waals surface area contributed by atoms with Crippen molar-refractivity contribution in [2.24, 2.45) is 11.1 Å². The number of ether oxygens (including phenoxy) is 1. The van der Waals surface area contributed by atoms with E-state index in [1.807, 2.05) is 11.9 Å². The van der Waals surface area contributed by atoms with Crippen molar-refractivity contribution in [1.82, 2.24) is 14.9 Å². The largest absolute Gasteiger partial charge is 0.486 e. The van der Waals surface area contributed by atoms with Crippen LogP contribution in [0.15, 0.2) is 24.3 Å². The van der Waals surface area contributed by atoms with Gasteiger partial charge in [-0.3, -0.25) is 4.79 Å². The molecule has 0 radical (unpaired) electrons. The number of amides is 1. The summed E-state index contributed by atoms with van der Waals surface area (Å²) in [5.41, 5.74) is 5.57. The second-order valence-electron chi connectivity index (χ2n) is 6.72. The summed E-state index contributed by atoms with van der Waals surface area (Å²) < 4.78 is 17.9. The van der Waals surface area contributed by atoms with Gasteiger partial charge in [-0.2, -0.15) is 0 Å². The number of likely N-dealkylation sites (tertiary alicyclic amines) is 1. The molecular weight excluding hydrogens is 396 g/mol. The molecule has 0 aliphatic carbocycles. The van der Waals surface area contributed by atoms with Crippen LogP contribution in [0, 0.1) is 5.41 Å². The Morgan fingerprint density at radius 1 is 1.26 bits per heavy atom. The molecule has 1 spiro atoms. The van der Waals surface area contributed by atoms with E-state index in [0.29, 0.717) is 23.6 Å². The van der Waals surface area contributed by atoms with Crippen molar-refractivity contribution in [3.63, 3.8) is 0 Å². The monoisotopic (exact) mass is 421 g/mol. The van der Waals surface area contributed by atoms with Gasteiger partial charge in [0.05, 0.1) is 24.1 Å². The van der Waals surface area contributed by atoms with Crippen LogP contribution in [-0.4, -0.2) is 60.6 Å². The lowest BCUT2D eigenvalue weighted by molar-refractivity contribution is -0.135. The Kier molecular flexibility index (Phi) is 8.71. The molecule has 27 heavy (non-hydrogen) atoms. The lowest BCUT2D eigenvalue weighted by Crippen LogP contribution is -2.44. The quantitative estimate of drug-likeness (QED) is 0.781. The SMILES string of the molecule is CN1CCC2(CCN(c3ncc(OC/C(=C/F)CN)cn3)CC2)C1=O.Cl.Cl. The van der Waals surface area contributed by atoms with E-state index in [1.54, 1.807) is 12.4 Å². The Hall–Kier alpha value is -1.64. The lowest BCUT2D eigenvalue weighted by Gasteiger charge is -2.37. The van der Waals surface area contributed by atoms with Crippen LogP contribution in [-0.2, 0) is 4.79 Å². The van der Waals surface area contributed by atoms with Crippen molar-refractivity contribution in [3.8, 4) is 5.75 Å². The topological polar surface area (TPSA) is 84.6 Å². The summed E-state index contributed by atoms with van der Waals surface area (Å²) in [4.78, 5) is 25.0. The maximum Gasteiger partial charge on any atom is 0.228 e. The van der Waals surface area contributed by atoms with Crippen LogP contribution in [0.4, 0.5) is 10.3 Å². The Balaban J connectivity index is 0.00000182. The van der Waals surface area contributed by atoms with Crippen molar-refractivity contribution < 1.29 is 13.9 Å². The second kappa shape index (κ2) is 10.1. The molecule has 0 aromatic carbocycles. The Morgan fingerprint density at radius 2 is 1.85 bits per heavy atom. The Bertz CT molecular complexity index is 651. The zero-order valence-electron chi connectivity index (χ0n) is 15.3. The predicted octanol–water partition coefficient (Wildman–Crippen LogP) is 1.96. The highest BCUT2D eigenvalue weighted by atomic mass is 35.5. The van der Waals surface area contributed by atoms with Gasteiger partial charge in [-0.15, -0.1) is 24.8 Å². The summed E-state index contributed by atoms with van der Waals surface area (Å²) in [6.45, 7) is 2.57. The number of aromatic nitrogens is 2. The third kappa shape index (κ3) is 5.00. The molecule has 0 bridgehead atoms. The van der Waals surface area contributed by atoms with Crippen molar-refractivity contribution in [2.45, 2.75) is 19.3 Å². The summed E-state index contributed by atoms with van der Waals surface area (Å²) in [5.74, 6) is 1.37. The summed E-state index contributed by atoms with van der Waals surface area (Å²) in [6.07, 6.45) is 6.22. The molecule has 3 heterocycles. The summed E-state index contributed by atoms with van der Waals surface area (Å²) in [7, 11) is 1.87. The van der Waals surface area contributed by atoms with Crippen LogP contribution >= 0.6 is 24.8 Å². The van der Waals surface area contributed by atoms with E-state index in [2.05, 4.69) is 14.9 Å². The minimum absolute atomic E-state index is 0. The third-order valence-corrected chi connectivity index (χ3v) is 5.18. The minimum atomic E-state index is -0.189. The van der Waals surface area contributed by atoms with Gasteiger partial charge in [0, 0.05) is 38.8 Å². The first-order valence-corrected chi connectivity index (χ1v) is 8.51. The molecule has 7 nitrogen and oxygen atoms in total. The highest BCUT2D eigenvalue weighted by Gasteiger charge is 2.47. The molecule has 2 aliphatic heterocycles. The van der Waals surface area contributed by atoms with Gasteiger partial charge < -0.3 is 20.3 Å². The Labute approximate surface area is 171 Å². The first-order valence-electron chi connectivity index (χ1n) is 8.51. The van der Waals surface area contributed by atoms with Gasteiger partial charge >= 0.3 is 0 Å². The van der Waals surface area contributed by atoms with E-state index >= 15 is 0 Å². The number of nitrogens with zero attached hydrogens (tertiary/aromatic N) is 4. The second-order valence-corrected chi connectivity index (χ2v) is 6.72. The van der Waals surface area contributed by atoms with E-state index in [0.717, 1.165) is 38.9 Å². The first-order chi connectivity index (χ1) is 12.1. The third-order valence-electron chi connectivity index (χ3n) is 5.18. The smallest absolute Gasteiger partial charge is 0.228 e. The van der Waals surface area contributed by atoms with Crippen LogP contribution in [0.1, 0.15) is 19.3 Å². The van der Waals surface area contributed by atoms with Crippen LogP contribution < -0.4 is 15.4 Å². The maximum absolute atomic E-state index is 12.5. The molecule has 1 aromatic heterocycles. The van der Waals surface area contributed by atoms with Gasteiger partial charge in [0.15, 0.2) is 5.75 Å². The number of rotatable bonds is 5. The van der Waals surface area contributed by atoms with Crippen molar-refractivity contribution in [2.75, 3.05) is 44.7 Å². The number of nitrogens with two attached hydrogens (primary N) is 1. The number of carbonyl (C=O) groups is 1. The fraction of sp³-hybridized carbons (Fsp3) is 0.588. The van der Waals surface area contributed by atoms with Gasteiger partial charge in [-0.25, -0.2) is 14.4 Å². The predicted molar refractivity (Wildman–Crippen MR) is 106 cm³/mol. The van der Waals surface area contributed by atoms with Gasteiger partial charge in [-0.05, 0) is 19.3 Å². The molecule has 3 rings (SSSR count). The van der Waals surface area contributed by atoms with Gasteiger partial charge in [0.1, 0.15) is 6.61 Å². The molecular formula is C17H26Cl2FN5O2. The lowest BCUT2D eigenvalue weighted by atomic mass is 9.77.